The molecule has 0 N–H and O–H groups in total. The Bertz CT molecular complexity index is 2100. The van der Waals surface area contributed by atoms with Gasteiger partial charge in [-0.15, -0.1) is 0 Å². The van der Waals surface area contributed by atoms with Crippen LogP contribution in [0.5, 0.6) is 0 Å². The number of nitrogens with zero attached hydrogens (tertiary/aromatic N) is 4. The molecule has 0 unspecified atom stereocenters. The Labute approximate surface area is 269 Å². The molecule has 5 aromatic rings. The first-order chi connectivity index (χ1) is 21.2. The van der Waals surface area contributed by atoms with Gasteiger partial charge in [-0.05, 0) is 75.2 Å². The SMILES string of the molecule is CCN(CC)C(=O)C1=C(C)N=c2s/c(=C/c3c(C)n(Cc4ccc(Cl)cc4)c4ccccc34)c(=O)n2[C@@H]1c1ccc(Cl)cc1. The summed E-state index contributed by atoms with van der Waals surface area (Å²) in [6, 6.07) is 22.8. The number of likely N-dealkylation sites (N-methyl/N-ethyl adjacent to an activating group) is 1. The minimum atomic E-state index is -0.619. The van der Waals surface area contributed by atoms with Gasteiger partial charge in [0.25, 0.3) is 11.5 Å². The Morgan fingerprint density at radius 3 is 2.25 bits per heavy atom. The van der Waals surface area contributed by atoms with Gasteiger partial charge in [0.05, 0.1) is 21.8 Å². The number of hydrogen-bond donors (Lipinski definition) is 0. The Hall–Kier alpha value is -3.91. The lowest BCUT2D eigenvalue weighted by atomic mass is 9.94. The molecule has 1 amide bonds. The van der Waals surface area contributed by atoms with Gasteiger partial charge in [0.1, 0.15) is 0 Å². The van der Waals surface area contributed by atoms with Crippen molar-refractivity contribution in [1.82, 2.24) is 14.0 Å². The maximum Gasteiger partial charge on any atom is 0.271 e. The second-order valence-corrected chi connectivity index (χ2v) is 12.7. The maximum atomic E-state index is 14.3. The molecule has 9 heteroatoms. The van der Waals surface area contributed by atoms with Gasteiger partial charge in [-0.2, -0.15) is 0 Å². The van der Waals surface area contributed by atoms with Gasteiger partial charge in [-0.1, -0.05) is 77.0 Å². The molecule has 1 aliphatic rings. The fourth-order valence-electron chi connectivity index (χ4n) is 5.98. The quantitative estimate of drug-likeness (QED) is 0.198. The van der Waals surface area contributed by atoms with Crippen LogP contribution in [-0.2, 0) is 11.3 Å². The molecule has 6 nitrogen and oxygen atoms in total. The Balaban J connectivity index is 1.54. The van der Waals surface area contributed by atoms with E-state index in [1.165, 1.54) is 11.3 Å². The van der Waals surface area contributed by atoms with Crippen molar-refractivity contribution in [1.29, 1.82) is 0 Å². The summed E-state index contributed by atoms with van der Waals surface area (Å²) in [5, 5.41) is 2.35. The highest BCUT2D eigenvalue weighted by molar-refractivity contribution is 7.07. The predicted molar refractivity (Wildman–Crippen MR) is 180 cm³/mol. The van der Waals surface area contributed by atoms with Crippen molar-refractivity contribution >= 4 is 57.4 Å². The summed E-state index contributed by atoms with van der Waals surface area (Å²) in [5.74, 6) is -0.119. The highest BCUT2D eigenvalue weighted by Gasteiger charge is 2.34. The zero-order valence-electron chi connectivity index (χ0n) is 25.0. The zero-order valence-corrected chi connectivity index (χ0v) is 27.3. The number of benzene rings is 3. The first-order valence-corrected chi connectivity index (χ1v) is 16.2. The number of allylic oxidation sites excluding steroid dienone is 1. The third-order valence-corrected chi connectivity index (χ3v) is 9.78. The van der Waals surface area contributed by atoms with Crippen LogP contribution in [0.2, 0.25) is 10.0 Å². The van der Waals surface area contributed by atoms with Gasteiger partial charge >= 0.3 is 0 Å². The summed E-state index contributed by atoms with van der Waals surface area (Å²) in [7, 11) is 0. The Kier molecular flexibility index (Phi) is 8.38. The molecule has 6 rings (SSSR count). The van der Waals surface area contributed by atoms with Crippen LogP contribution in [0, 0.1) is 6.92 Å². The van der Waals surface area contributed by atoms with Gasteiger partial charge in [0.15, 0.2) is 4.80 Å². The van der Waals surface area contributed by atoms with Crippen LogP contribution < -0.4 is 14.9 Å². The highest BCUT2D eigenvalue weighted by atomic mass is 35.5. The number of hydrogen-bond acceptors (Lipinski definition) is 4. The van der Waals surface area contributed by atoms with Crippen molar-refractivity contribution in [3.63, 3.8) is 0 Å². The Morgan fingerprint density at radius 2 is 1.59 bits per heavy atom. The number of halogens is 2. The first kappa shape index (κ1) is 30.1. The van der Waals surface area contributed by atoms with Crippen LogP contribution in [0.4, 0.5) is 0 Å². The van der Waals surface area contributed by atoms with E-state index >= 15 is 0 Å². The molecule has 0 aliphatic carbocycles. The monoisotopic (exact) mass is 642 g/mol. The number of carbonyl (C=O) groups excluding carboxylic acids is 1. The van der Waals surface area contributed by atoms with Crippen molar-refractivity contribution in [3.8, 4) is 0 Å². The summed E-state index contributed by atoms with van der Waals surface area (Å²) >= 11 is 13.7. The van der Waals surface area contributed by atoms with Gasteiger partial charge in [0, 0.05) is 51.8 Å². The van der Waals surface area contributed by atoms with E-state index in [-0.39, 0.29) is 11.5 Å². The molecule has 0 bridgehead atoms. The van der Waals surface area contributed by atoms with Crippen molar-refractivity contribution < 1.29 is 4.79 Å². The van der Waals surface area contributed by atoms with Crippen molar-refractivity contribution in [2.24, 2.45) is 4.99 Å². The van der Waals surface area contributed by atoms with E-state index in [9.17, 15) is 9.59 Å². The van der Waals surface area contributed by atoms with Crippen LogP contribution >= 0.6 is 34.5 Å². The van der Waals surface area contributed by atoms with E-state index in [4.69, 9.17) is 28.2 Å². The largest absolute Gasteiger partial charge is 0.340 e. The highest BCUT2D eigenvalue weighted by Crippen LogP contribution is 2.32. The molecule has 0 spiro atoms. The van der Waals surface area contributed by atoms with Crippen molar-refractivity contribution in [2.75, 3.05) is 13.1 Å². The van der Waals surface area contributed by atoms with E-state index in [1.54, 1.807) is 21.6 Å². The summed E-state index contributed by atoms with van der Waals surface area (Å²) in [5.41, 5.74) is 6.00. The second kappa shape index (κ2) is 12.2. The van der Waals surface area contributed by atoms with Crippen molar-refractivity contribution in [2.45, 2.75) is 40.3 Å². The first-order valence-electron chi connectivity index (χ1n) is 14.6. The smallest absolute Gasteiger partial charge is 0.271 e. The lowest BCUT2D eigenvalue weighted by Gasteiger charge is -2.29. The summed E-state index contributed by atoms with van der Waals surface area (Å²) in [6.45, 7) is 9.63. The fourth-order valence-corrected chi connectivity index (χ4v) is 7.26. The molecular formula is C35H32Cl2N4O2S. The number of amides is 1. The van der Waals surface area contributed by atoms with E-state index < -0.39 is 6.04 Å². The average molecular weight is 644 g/mol. The molecular weight excluding hydrogens is 611 g/mol. The number of para-hydroxylation sites is 1. The van der Waals surface area contributed by atoms with Crippen LogP contribution in [-0.4, -0.2) is 33.0 Å². The number of thiazole rings is 1. The van der Waals surface area contributed by atoms with Crippen LogP contribution in [0.15, 0.2) is 93.9 Å². The van der Waals surface area contributed by atoms with Gasteiger partial charge in [0.2, 0.25) is 0 Å². The molecule has 0 radical (unpaired) electrons. The molecule has 3 heterocycles. The van der Waals surface area contributed by atoms with Gasteiger partial charge < -0.3 is 9.47 Å². The molecule has 1 atom stereocenters. The fraction of sp³-hybridized carbons (Fsp3) is 0.229. The number of aromatic nitrogens is 2. The lowest BCUT2D eigenvalue weighted by Crippen LogP contribution is -2.43. The molecule has 44 heavy (non-hydrogen) atoms. The average Bonchev–Trinajstić information content (AvgIpc) is 3.47. The number of fused-ring (bicyclic) bond motifs is 2. The van der Waals surface area contributed by atoms with Crippen LogP contribution in [0.25, 0.3) is 17.0 Å². The zero-order chi connectivity index (χ0) is 31.1. The summed E-state index contributed by atoms with van der Waals surface area (Å²) in [4.78, 5) is 35.3. The topological polar surface area (TPSA) is 59.6 Å². The molecule has 0 fully saturated rings. The standard InChI is InChI=1S/C35H32Cl2N4O2S/c1-5-39(6-2)34(43)31-21(3)38-35-41(32(31)24-13-17-26(37)18-14-24)33(42)30(44-35)19-28-22(4)40(29-10-8-7-9-27(28)29)20-23-11-15-25(36)16-12-23/h7-19,32H,5-6,20H2,1-4H3/b30-19+/t32-/m1/s1. The molecule has 2 aromatic heterocycles. The van der Waals surface area contributed by atoms with Gasteiger partial charge in [-0.3, -0.25) is 14.2 Å². The minimum Gasteiger partial charge on any atom is -0.340 e. The predicted octanol–water partition coefficient (Wildman–Crippen LogP) is 6.72. The molecule has 1 aliphatic heterocycles. The number of carbonyl (C=O) groups is 1. The van der Waals surface area contributed by atoms with E-state index in [1.807, 2.05) is 75.4 Å². The molecule has 0 saturated heterocycles. The van der Waals surface area contributed by atoms with E-state index in [0.29, 0.717) is 50.3 Å². The third-order valence-electron chi connectivity index (χ3n) is 8.30. The summed E-state index contributed by atoms with van der Waals surface area (Å²) in [6.07, 6.45) is 1.98. The summed E-state index contributed by atoms with van der Waals surface area (Å²) < 4.78 is 4.50. The van der Waals surface area contributed by atoms with Crippen LogP contribution in [0.1, 0.15) is 49.2 Å². The minimum absolute atomic E-state index is 0.119. The molecule has 0 saturated carbocycles. The van der Waals surface area contributed by atoms with Crippen molar-refractivity contribution in [3.05, 3.63) is 136 Å². The Morgan fingerprint density at radius 1 is 0.955 bits per heavy atom. The van der Waals surface area contributed by atoms with E-state index in [0.717, 1.165) is 33.3 Å². The normalized spacial score (nSPS) is 15.0. The third kappa shape index (κ3) is 5.34. The van der Waals surface area contributed by atoms with Gasteiger partial charge in [-0.25, -0.2) is 4.99 Å². The second-order valence-electron chi connectivity index (χ2n) is 10.8. The number of rotatable bonds is 7. The van der Waals surface area contributed by atoms with E-state index in [2.05, 4.69) is 23.6 Å². The van der Waals surface area contributed by atoms with Crippen LogP contribution in [0.3, 0.4) is 0 Å². The molecule has 224 valence electrons. The maximum absolute atomic E-state index is 14.3. The molecule has 3 aromatic carbocycles. The lowest BCUT2D eigenvalue weighted by molar-refractivity contribution is -0.127.